The third-order valence-electron chi connectivity index (χ3n) is 4.36. The lowest BCUT2D eigenvalue weighted by Gasteiger charge is -2.16. The van der Waals surface area contributed by atoms with E-state index in [4.69, 9.17) is 37.8 Å². The quantitative estimate of drug-likeness (QED) is 0.383. The van der Waals surface area contributed by atoms with Crippen LogP contribution in [-0.4, -0.2) is 17.7 Å². The van der Waals surface area contributed by atoms with E-state index in [2.05, 4.69) is 5.32 Å². The molecule has 0 heterocycles. The van der Waals surface area contributed by atoms with E-state index >= 15 is 0 Å². The minimum absolute atomic E-state index is 0.0385. The van der Waals surface area contributed by atoms with E-state index in [0.29, 0.717) is 35.4 Å². The van der Waals surface area contributed by atoms with Crippen molar-refractivity contribution in [2.45, 2.75) is 20.1 Å². The molecule has 0 aliphatic carbocycles. The molecule has 8 heteroatoms. The fourth-order valence-electron chi connectivity index (χ4n) is 2.87. The Bertz CT molecular complexity index is 1070. The summed E-state index contributed by atoms with van der Waals surface area (Å²) in [6.45, 7) is 2.90. The summed E-state index contributed by atoms with van der Waals surface area (Å²) < 4.78 is 24.6. The van der Waals surface area contributed by atoms with Gasteiger partial charge in [-0.15, -0.1) is 0 Å². The number of hydrogen-bond donors (Lipinski definition) is 2. The maximum absolute atomic E-state index is 13.1. The number of rotatable bonds is 9. The number of benzene rings is 3. The first-order valence-corrected chi connectivity index (χ1v) is 10.2. The molecule has 0 aromatic heterocycles. The van der Waals surface area contributed by atoms with Gasteiger partial charge < -0.3 is 19.9 Å². The second kappa shape index (κ2) is 10.4. The molecule has 31 heavy (non-hydrogen) atoms. The van der Waals surface area contributed by atoms with E-state index in [1.807, 2.05) is 13.0 Å². The second-order valence-corrected chi connectivity index (χ2v) is 7.42. The fraction of sp³-hybridized carbons (Fsp3) is 0.174. The van der Waals surface area contributed by atoms with Crippen molar-refractivity contribution in [1.29, 1.82) is 0 Å². The minimum atomic E-state index is -1.08. The average molecular weight is 464 g/mol. The Balaban J connectivity index is 1.73. The number of nitrogens with one attached hydrogen (secondary N) is 1. The molecule has 3 aromatic rings. The van der Waals surface area contributed by atoms with Gasteiger partial charge in [0.05, 0.1) is 22.2 Å². The van der Waals surface area contributed by atoms with Crippen LogP contribution < -0.4 is 14.8 Å². The van der Waals surface area contributed by atoms with Gasteiger partial charge in [-0.3, -0.25) is 0 Å². The molecule has 5 nitrogen and oxygen atoms in total. The lowest BCUT2D eigenvalue weighted by atomic mass is 10.1. The van der Waals surface area contributed by atoms with Gasteiger partial charge in [-0.05, 0) is 60.5 Å². The summed E-state index contributed by atoms with van der Waals surface area (Å²) in [4.78, 5) is 11.1. The molecule has 0 spiro atoms. The highest BCUT2D eigenvalue weighted by Crippen LogP contribution is 2.37. The van der Waals surface area contributed by atoms with Crippen LogP contribution in [0.1, 0.15) is 28.4 Å². The molecule has 2 N–H and O–H groups in total. The number of carboxylic acid groups (broad SMARTS) is 1. The van der Waals surface area contributed by atoms with Crippen molar-refractivity contribution in [1.82, 2.24) is 0 Å². The molecule has 0 atom stereocenters. The number of ether oxygens (including phenoxy) is 2. The maximum atomic E-state index is 13.1. The predicted molar refractivity (Wildman–Crippen MR) is 119 cm³/mol. The molecular formula is C23H20Cl2FNO4. The van der Waals surface area contributed by atoms with Crippen LogP contribution in [0.15, 0.2) is 54.6 Å². The Morgan fingerprint density at radius 1 is 1.00 bits per heavy atom. The number of carbonyl (C=O) groups is 1. The van der Waals surface area contributed by atoms with Gasteiger partial charge in [0.25, 0.3) is 0 Å². The average Bonchev–Trinajstić information content (AvgIpc) is 2.73. The first-order valence-electron chi connectivity index (χ1n) is 9.46. The normalized spacial score (nSPS) is 10.6. The third-order valence-corrected chi connectivity index (χ3v) is 4.96. The molecule has 0 fully saturated rings. The van der Waals surface area contributed by atoms with Gasteiger partial charge in [0.2, 0.25) is 0 Å². The maximum Gasteiger partial charge on any atom is 0.337 e. The molecule has 0 saturated carbocycles. The van der Waals surface area contributed by atoms with Crippen molar-refractivity contribution in [3.63, 3.8) is 0 Å². The molecular weight excluding hydrogens is 444 g/mol. The van der Waals surface area contributed by atoms with Gasteiger partial charge in [-0.25, -0.2) is 9.18 Å². The van der Waals surface area contributed by atoms with E-state index in [1.54, 1.807) is 30.3 Å². The van der Waals surface area contributed by atoms with E-state index in [9.17, 15) is 9.18 Å². The molecule has 0 saturated heterocycles. The number of anilines is 1. The van der Waals surface area contributed by atoms with E-state index < -0.39 is 5.97 Å². The molecule has 0 amide bonds. The monoisotopic (exact) mass is 463 g/mol. The first kappa shape index (κ1) is 22.7. The topological polar surface area (TPSA) is 67.8 Å². The van der Waals surface area contributed by atoms with Crippen LogP contribution in [-0.2, 0) is 13.2 Å². The van der Waals surface area contributed by atoms with E-state index in [0.717, 1.165) is 11.1 Å². The third kappa shape index (κ3) is 6.03. The van der Waals surface area contributed by atoms with E-state index in [1.165, 1.54) is 18.2 Å². The van der Waals surface area contributed by atoms with Crippen molar-refractivity contribution < 1.29 is 23.8 Å². The molecule has 0 bridgehead atoms. The van der Waals surface area contributed by atoms with Gasteiger partial charge >= 0.3 is 5.97 Å². The highest BCUT2D eigenvalue weighted by molar-refractivity contribution is 6.33. The molecule has 0 unspecified atom stereocenters. The Morgan fingerprint density at radius 3 is 2.39 bits per heavy atom. The first-order chi connectivity index (χ1) is 14.9. The highest BCUT2D eigenvalue weighted by Gasteiger charge is 2.14. The van der Waals surface area contributed by atoms with Crippen LogP contribution in [0.25, 0.3) is 0 Å². The van der Waals surface area contributed by atoms with Gasteiger partial charge in [0.15, 0.2) is 11.5 Å². The summed E-state index contributed by atoms with van der Waals surface area (Å²) in [6, 6.07) is 14.2. The van der Waals surface area contributed by atoms with Gasteiger partial charge in [0.1, 0.15) is 12.4 Å². The molecule has 0 aliphatic heterocycles. The van der Waals surface area contributed by atoms with Gasteiger partial charge in [-0.2, -0.15) is 0 Å². The van der Waals surface area contributed by atoms with Crippen molar-refractivity contribution >= 4 is 34.9 Å². The Labute approximate surface area is 189 Å². The summed E-state index contributed by atoms with van der Waals surface area (Å²) >= 11 is 12.5. The Morgan fingerprint density at radius 2 is 1.74 bits per heavy atom. The number of hydrogen-bond acceptors (Lipinski definition) is 4. The summed E-state index contributed by atoms with van der Waals surface area (Å²) in [5, 5.41) is 12.8. The zero-order valence-corrected chi connectivity index (χ0v) is 18.1. The van der Waals surface area contributed by atoms with Crippen molar-refractivity contribution in [2.75, 3.05) is 11.9 Å². The van der Waals surface area contributed by atoms with Crippen LogP contribution in [0.4, 0.5) is 10.1 Å². The SMILES string of the molecule is CCOc1cc(CNc2ccc(C(=O)O)c(Cl)c2)cc(Cl)c1OCc1ccc(F)cc1. The van der Waals surface area contributed by atoms with Crippen LogP contribution >= 0.6 is 23.2 Å². The van der Waals surface area contributed by atoms with Crippen LogP contribution in [0, 0.1) is 5.82 Å². The Kier molecular flexibility index (Phi) is 7.60. The summed E-state index contributed by atoms with van der Waals surface area (Å²) in [5.74, 6) is -0.493. The molecule has 0 aliphatic rings. The largest absolute Gasteiger partial charge is 0.490 e. The summed E-state index contributed by atoms with van der Waals surface area (Å²) in [6.07, 6.45) is 0. The zero-order valence-electron chi connectivity index (χ0n) is 16.6. The molecule has 3 rings (SSSR count). The van der Waals surface area contributed by atoms with Gasteiger partial charge in [-0.1, -0.05) is 35.3 Å². The molecule has 0 radical (unpaired) electrons. The molecule has 162 valence electrons. The second-order valence-electron chi connectivity index (χ2n) is 6.61. The van der Waals surface area contributed by atoms with Crippen LogP contribution in [0.3, 0.4) is 0 Å². The van der Waals surface area contributed by atoms with Gasteiger partial charge in [0, 0.05) is 12.2 Å². The standard InChI is InChI=1S/C23H20Cl2FNO4/c1-2-30-21-10-15(12-27-17-7-8-18(23(28)29)19(24)11-17)9-20(25)22(21)31-13-14-3-5-16(26)6-4-14/h3-11,27H,2,12-13H2,1H3,(H,28,29). The summed E-state index contributed by atoms with van der Waals surface area (Å²) in [7, 11) is 0. The van der Waals surface area contributed by atoms with Crippen molar-refractivity contribution in [3.8, 4) is 11.5 Å². The fourth-order valence-corrected chi connectivity index (χ4v) is 3.41. The number of halogens is 3. The zero-order chi connectivity index (χ0) is 22.4. The molecule has 3 aromatic carbocycles. The smallest absolute Gasteiger partial charge is 0.337 e. The minimum Gasteiger partial charge on any atom is -0.490 e. The highest BCUT2D eigenvalue weighted by atomic mass is 35.5. The van der Waals surface area contributed by atoms with Crippen LogP contribution in [0.5, 0.6) is 11.5 Å². The lowest BCUT2D eigenvalue weighted by Crippen LogP contribution is -2.04. The Hall–Kier alpha value is -2.96. The van der Waals surface area contributed by atoms with Crippen LogP contribution in [0.2, 0.25) is 10.0 Å². The number of carboxylic acids is 1. The summed E-state index contributed by atoms with van der Waals surface area (Å²) in [5.41, 5.74) is 2.34. The predicted octanol–water partition coefficient (Wildman–Crippen LogP) is 6.42. The van der Waals surface area contributed by atoms with Crippen molar-refractivity contribution in [2.24, 2.45) is 0 Å². The lowest BCUT2D eigenvalue weighted by molar-refractivity contribution is 0.0697. The van der Waals surface area contributed by atoms with Crippen molar-refractivity contribution in [3.05, 3.63) is 87.2 Å². The van der Waals surface area contributed by atoms with E-state index in [-0.39, 0.29) is 23.0 Å². The number of aromatic carboxylic acids is 1.